The molecule has 0 bridgehead atoms. The van der Waals surface area contributed by atoms with Gasteiger partial charge in [-0.05, 0) is 31.2 Å². The summed E-state index contributed by atoms with van der Waals surface area (Å²) in [6.45, 7) is 1.86. The molecule has 3 N–H and O–H groups in total. The van der Waals surface area contributed by atoms with Crippen molar-refractivity contribution in [2.45, 2.75) is 32.2 Å². The molecule has 0 unspecified atom stereocenters. The predicted octanol–water partition coefficient (Wildman–Crippen LogP) is 0.530. The molecule has 0 aromatic carbocycles. The standard InChI is InChI=1S/C13H16N2O4/c1-2-9-5-8(6-10(16)14-9)12(17)15-11(13(18)19)7-3-4-7/h5-7,11H,2-4H2,1H3,(H,14,16)(H,15,17)(H,18,19)/t11-/m0/s1. The Morgan fingerprint density at radius 2 is 2.16 bits per heavy atom. The van der Waals surface area contributed by atoms with Crippen LogP contribution in [0.25, 0.3) is 0 Å². The van der Waals surface area contributed by atoms with E-state index in [0.29, 0.717) is 12.1 Å². The lowest BCUT2D eigenvalue weighted by Crippen LogP contribution is -2.42. The molecule has 0 radical (unpaired) electrons. The number of amides is 1. The van der Waals surface area contributed by atoms with E-state index in [-0.39, 0.29) is 17.0 Å². The van der Waals surface area contributed by atoms with Crippen molar-refractivity contribution in [1.82, 2.24) is 10.3 Å². The minimum absolute atomic E-state index is 0.00842. The second kappa shape index (κ2) is 5.26. The van der Waals surface area contributed by atoms with Crippen LogP contribution in [-0.4, -0.2) is 28.0 Å². The highest BCUT2D eigenvalue weighted by Gasteiger charge is 2.37. The molecule has 102 valence electrons. The summed E-state index contributed by atoms with van der Waals surface area (Å²) in [6.07, 6.45) is 2.22. The van der Waals surface area contributed by atoms with Gasteiger partial charge in [-0.25, -0.2) is 4.79 Å². The van der Waals surface area contributed by atoms with Crippen LogP contribution in [0.5, 0.6) is 0 Å². The second-order valence-corrected chi connectivity index (χ2v) is 4.74. The number of carboxylic acids is 1. The molecule has 1 aromatic rings. The molecule has 0 spiro atoms. The lowest BCUT2D eigenvalue weighted by atomic mass is 10.1. The number of aromatic amines is 1. The van der Waals surface area contributed by atoms with Crippen LogP contribution in [0.2, 0.25) is 0 Å². The Labute approximate surface area is 109 Å². The molecule has 1 aliphatic carbocycles. The summed E-state index contributed by atoms with van der Waals surface area (Å²) >= 11 is 0. The number of aromatic nitrogens is 1. The van der Waals surface area contributed by atoms with E-state index < -0.39 is 17.9 Å². The highest BCUT2D eigenvalue weighted by molar-refractivity contribution is 5.96. The largest absolute Gasteiger partial charge is 0.480 e. The molecule has 1 amide bonds. The Morgan fingerprint density at radius 3 is 2.68 bits per heavy atom. The molecule has 19 heavy (non-hydrogen) atoms. The molecule has 1 aliphatic rings. The van der Waals surface area contributed by atoms with E-state index in [2.05, 4.69) is 10.3 Å². The highest BCUT2D eigenvalue weighted by Crippen LogP contribution is 2.32. The third-order valence-electron chi connectivity index (χ3n) is 3.19. The number of rotatable bonds is 5. The summed E-state index contributed by atoms with van der Waals surface area (Å²) in [4.78, 5) is 37.0. The van der Waals surface area contributed by atoms with Crippen molar-refractivity contribution in [3.8, 4) is 0 Å². The van der Waals surface area contributed by atoms with E-state index in [1.165, 1.54) is 6.07 Å². The first-order chi connectivity index (χ1) is 9.01. The van der Waals surface area contributed by atoms with Crippen molar-refractivity contribution in [3.63, 3.8) is 0 Å². The maximum atomic E-state index is 12.0. The number of carboxylic acid groups (broad SMARTS) is 1. The fourth-order valence-corrected chi connectivity index (χ4v) is 1.96. The molecule has 1 saturated carbocycles. The fourth-order valence-electron chi connectivity index (χ4n) is 1.96. The van der Waals surface area contributed by atoms with Crippen LogP contribution in [-0.2, 0) is 11.2 Å². The molecule has 1 atom stereocenters. The first-order valence-electron chi connectivity index (χ1n) is 6.28. The number of H-pyrrole nitrogens is 1. The molecule has 6 nitrogen and oxygen atoms in total. The van der Waals surface area contributed by atoms with Gasteiger partial charge in [-0.3, -0.25) is 9.59 Å². The van der Waals surface area contributed by atoms with Crippen LogP contribution in [0.4, 0.5) is 0 Å². The van der Waals surface area contributed by atoms with Crippen molar-refractivity contribution in [1.29, 1.82) is 0 Å². The molecule has 1 fully saturated rings. The summed E-state index contributed by atoms with van der Waals surface area (Å²) in [5, 5.41) is 11.5. The van der Waals surface area contributed by atoms with Crippen molar-refractivity contribution >= 4 is 11.9 Å². The van der Waals surface area contributed by atoms with Gasteiger partial charge in [0.2, 0.25) is 5.56 Å². The van der Waals surface area contributed by atoms with Gasteiger partial charge in [0.25, 0.3) is 5.91 Å². The van der Waals surface area contributed by atoms with Crippen LogP contribution < -0.4 is 10.9 Å². The summed E-state index contributed by atoms with van der Waals surface area (Å²) in [5.74, 6) is -1.54. The van der Waals surface area contributed by atoms with Gasteiger partial charge >= 0.3 is 5.97 Å². The predicted molar refractivity (Wildman–Crippen MR) is 68.1 cm³/mol. The van der Waals surface area contributed by atoms with Crippen LogP contribution in [0, 0.1) is 5.92 Å². The minimum atomic E-state index is -1.03. The number of pyridine rings is 1. The average molecular weight is 264 g/mol. The minimum Gasteiger partial charge on any atom is -0.480 e. The Bertz CT molecular complexity index is 560. The summed E-state index contributed by atoms with van der Waals surface area (Å²) in [5.41, 5.74) is 0.492. The van der Waals surface area contributed by atoms with Crippen LogP contribution >= 0.6 is 0 Å². The maximum absolute atomic E-state index is 12.0. The van der Waals surface area contributed by atoms with Gasteiger partial charge in [-0.2, -0.15) is 0 Å². The van der Waals surface area contributed by atoms with Crippen molar-refractivity contribution in [2.75, 3.05) is 0 Å². The van der Waals surface area contributed by atoms with Crippen LogP contribution in [0.1, 0.15) is 35.8 Å². The second-order valence-electron chi connectivity index (χ2n) is 4.74. The van der Waals surface area contributed by atoms with Gasteiger partial charge in [0.15, 0.2) is 0 Å². The van der Waals surface area contributed by atoms with Crippen molar-refractivity contribution in [3.05, 3.63) is 33.7 Å². The molecule has 1 heterocycles. The van der Waals surface area contributed by atoms with Gasteiger partial charge in [0.1, 0.15) is 6.04 Å². The third kappa shape index (κ3) is 3.21. The number of carbonyl (C=O) groups excluding carboxylic acids is 1. The fraction of sp³-hybridized carbons (Fsp3) is 0.462. The Morgan fingerprint density at radius 1 is 1.47 bits per heavy atom. The summed E-state index contributed by atoms with van der Waals surface area (Å²) in [7, 11) is 0. The Kier molecular flexibility index (Phi) is 3.69. The van der Waals surface area contributed by atoms with Crippen LogP contribution in [0.15, 0.2) is 16.9 Å². The monoisotopic (exact) mass is 264 g/mol. The molecule has 2 rings (SSSR count). The Hall–Kier alpha value is -2.11. The molecule has 0 aliphatic heterocycles. The zero-order chi connectivity index (χ0) is 14.0. The van der Waals surface area contributed by atoms with Gasteiger partial charge < -0.3 is 15.4 Å². The van der Waals surface area contributed by atoms with Crippen molar-refractivity contribution in [2.24, 2.45) is 5.92 Å². The van der Waals surface area contributed by atoms with E-state index in [9.17, 15) is 14.4 Å². The van der Waals surface area contributed by atoms with E-state index in [0.717, 1.165) is 12.8 Å². The van der Waals surface area contributed by atoms with E-state index in [1.54, 1.807) is 6.07 Å². The van der Waals surface area contributed by atoms with Gasteiger partial charge in [0, 0.05) is 17.3 Å². The Balaban J connectivity index is 2.17. The topological polar surface area (TPSA) is 99.3 Å². The summed E-state index contributed by atoms with van der Waals surface area (Å²) < 4.78 is 0. The number of hydrogen-bond donors (Lipinski definition) is 3. The number of hydrogen-bond acceptors (Lipinski definition) is 3. The molecule has 1 aromatic heterocycles. The molecule has 0 saturated heterocycles. The van der Waals surface area contributed by atoms with E-state index in [4.69, 9.17) is 5.11 Å². The normalized spacial score (nSPS) is 15.8. The van der Waals surface area contributed by atoms with E-state index in [1.807, 2.05) is 6.92 Å². The number of carbonyl (C=O) groups is 2. The smallest absolute Gasteiger partial charge is 0.326 e. The zero-order valence-corrected chi connectivity index (χ0v) is 10.6. The first kappa shape index (κ1) is 13.3. The highest BCUT2D eigenvalue weighted by atomic mass is 16.4. The van der Waals surface area contributed by atoms with Crippen LogP contribution in [0.3, 0.4) is 0 Å². The van der Waals surface area contributed by atoms with Crippen molar-refractivity contribution < 1.29 is 14.7 Å². The van der Waals surface area contributed by atoms with E-state index >= 15 is 0 Å². The third-order valence-corrected chi connectivity index (χ3v) is 3.19. The number of nitrogens with one attached hydrogen (secondary N) is 2. The van der Waals surface area contributed by atoms with Gasteiger partial charge in [-0.1, -0.05) is 6.92 Å². The summed E-state index contributed by atoms with van der Waals surface area (Å²) in [6, 6.07) is 1.89. The lowest BCUT2D eigenvalue weighted by molar-refractivity contribution is -0.139. The van der Waals surface area contributed by atoms with Gasteiger partial charge in [0.05, 0.1) is 0 Å². The molecular formula is C13H16N2O4. The first-order valence-corrected chi connectivity index (χ1v) is 6.28. The quantitative estimate of drug-likeness (QED) is 0.722. The molecular weight excluding hydrogens is 248 g/mol. The number of aliphatic carboxylic acids is 1. The lowest BCUT2D eigenvalue weighted by Gasteiger charge is -2.13. The molecule has 6 heteroatoms. The number of aryl methyl sites for hydroxylation is 1. The zero-order valence-electron chi connectivity index (χ0n) is 10.6. The van der Waals surface area contributed by atoms with Gasteiger partial charge in [-0.15, -0.1) is 0 Å². The average Bonchev–Trinajstić information content (AvgIpc) is 3.18. The maximum Gasteiger partial charge on any atom is 0.326 e. The SMILES string of the molecule is CCc1cc(C(=O)N[C@H](C(=O)O)C2CC2)cc(=O)[nH]1.